The van der Waals surface area contributed by atoms with E-state index in [1.165, 1.54) is 0 Å². The molecule has 0 spiro atoms. The number of hydrogen-bond acceptors (Lipinski definition) is 4. The van der Waals surface area contributed by atoms with Crippen LogP contribution in [0.2, 0.25) is 0 Å². The second-order valence-electron chi connectivity index (χ2n) is 4.39. The summed E-state index contributed by atoms with van der Waals surface area (Å²) in [5.74, 6) is 1.04. The van der Waals surface area contributed by atoms with Crippen molar-refractivity contribution in [1.82, 2.24) is 19.2 Å². The molecule has 0 aliphatic carbocycles. The normalized spacial score (nSPS) is 16.7. The van der Waals surface area contributed by atoms with Crippen LogP contribution in [0.1, 0.15) is 19.2 Å². The van der Waals surface area contributed by atoms with Gasteiger partial charge in [0.1, 0.15) is 5.82 Å². The third-order valence-corrected chi connectivity index (χ3v) is 5.01. The molecule has 6 nitrogen and oxygen atoms in total. The van der Waals surface area contributed by atoms with Crippen LogP contribution in [0.25, 0.3) is 0 Å². The first-order valence-corrected chi connectivity index (χ1v) is 7.93. The van der Waals surface area contributed by atoms with E-state index >= 15 is 0 Å². The maximum absolute atomic E-state index is 12.1. The molecular formula is C11H20N4O2S. The summed E-state index contributed by atoms with van der Waals surface area (Å²) in [7, 11) is -3.14. The molecule has 0 aromatic carbocycles. The molecule has 0 saturated carbocycles. The molecule has 7 heteroatoms. The Labute approximate surface area is 108 Å². The Morgan fingerprint density at radius 1 is 1.44 bits per heavy atom. The van der Waals surface area contributed by atoms with Gasteiger partial charge in [0.2, 0.25) is 10.0 Å². The third kappa shape index (κ3) is 3.09. The van der Waals surface area contributed by atoms with E-state index in [9.17, 15) is 8.42 Å². The van der Waals surface area contributed by atoms with Crippen LogP contribution in [-0.4, -0.2) is 47.7 Å². The van der Waals surface area contributed by atoms with Crippen LogP contribution in [0, 0.1) is 0 Å². The molecule has 0 atom stereocenters. The summed E-state index contributed by atoms with van der Waals surface area (Å²) in [5, 5.41) is 3.14. The highest BCUT2D eigenvalue weighted by Gasteiger charge is 2.26. The summed E-state index contributed by atoms with van der Waals surface area (Å²) in [6.45, 7) is 5.28. The number of aromatic nitrogens is 2. The highest BCUT2D eigenvalue weighted by molar-refractivity contribution is 7.89. The summed E-state index contributed by atoms with van der Waals surface area (Å²) in [6, 6.07) is 0. The van der Waals surface area contributed by atoms with E-state index in [-0.39, 0.29) is 5.75 Å². The number of rotatable bonds is 6. The van der Waals surface area contributed by atoms with Crippen LogP contribution >= 0.6 is 0 Å². The number of imidazole rings is 1. The molecule has 0 saturated heterocycles. The molecular weight excluding hydrogens is 252 g/mol. The van der Waals surface area contributed by atoms with Crippen molar-refractivity contribution in [3.05, 3.63) is 18.2 Å². The van der Waals surface area contributed by atoms with Gasteiger partial charge in [-0.25, -0.2) is 13.4 Å². The molecule has 1 aliphatic rings. The fourth-order valence-electron chi connectivity index (χ4n) is 2.07. The van der Waals surface area contributed by atoms with Gasteiger partial charge in [0.25, 0.3) is 0 Å². The molecule has 102 valence electrons. The molecule has 0 unspecified atom stereocenters. The second-order valence-corrected chi connectivity index (χ2v) is 6.48. The number of nitrogens with one attached hydrogen (secondary N) is 1. The molecule has 0 radical (unpaired) electrons. The average Bonchev–Trinajstić information content (AvgIpc) is 2.82. The van der Waals surface area contributed by atoms with Crippen molar-refractivity contribution in [3.8, 4) is 0 Å². The van der Waals surface area contributed by atoms with Gasteiger partial charge in [-0.3, -0.25) is 0 Å². The van der Waals surface area contributed by atoms with Gasteiger partial charge in [-0.1, -0.05) is 6.92 Å². The quantitative estimate of drug-likeness (QED) is 0.742. The van der Waals surface area contributed by atoms with Gasteiger partial charge >= 0.3 is 0 Å². The minimum Gasteiger partial charge on any atom is -0.333 e. The summed E-state index contributed by atoms with van der Waals surface area (Å²) >= 11 is 0. The van der Waals surface area contributed by atoms with Gasteiger partial charge in [0.15, 0.2) is 0 Å². The largest absolute Gasteiger partial charge is 0.333 e. The van der Waals surface area contributed by atoms with Gasteiger partial charge < -0.3 is 9.88 Å². The minimum atomic E-state index is -3.14. The van der Waals surface area contributed by atoms with E-state index in [1.807, 2.05) is 17.7 Å². The molecule has 0 bridgehead atoms. The van der Waals surface area contributed by atoms with Crippen LogP contribution in [0.3, 0.4) is 0 Å². The first-order valence-electron chi connectivity index (χ1n) is 6.32. The smallest absolute Gasteiger partial charge is 0.214 e. The van der Waals surface area contributed by atoms with E-state index in [2.05, 4.69) is 10.3 Å². The van der Waals surface area contributed by atoms with Crippen molar-refractivity contribution in [2.75, 3.05) is 25.4 Å². The van der Waals surface area contributed by atoms with Gasteiger partial charge in [-0.2, -0.15) is 4.31 Å². The average molecular weight is 272 g/mol. The predicted molar refractivity (Wildman–Crippen MR) is 69.6 cm³/mol. The summed E-state index contributed by atoms with van der Waals surface area (Å²) in [4.78, 5) is 4.17. The van der Waals surface area contributed by atoms with Crippen molar-refractivity contribution < 1.29 is 8.42 Å². The lowest BCUT2D eigenvalue weighted by molar-refractivity contribution is 0.335. The zero-order valence-electron chi connectivity index (χ0n) is 10.7. The molecule has 0 amide bonds. The van der Waals surface area contributed by atoms with Crippen molar-refractivity contribution in [3.63, 3.8) is 0 Å². The molecule has 1 N–H and O–H groups in total. The van der Waals surface area contributed by atoms with E-state index < -0.39 is 10.0 Å². The van der Waals surface area contributed by atoms with Crippen molar-refractivity contribution in [2.45, 2.75) is 26.4 Å². The number of fused-ring (bicyclic) bond motifs is 1. The first-order chi connectivity index (χ1) is 8.63. The summed E-state index contributed by atoms with van der Waals surface area (Å²) < 4.78 is 27.8. The lowest BCUT2D eigenvalue weighted by atomic mass is 10.4. The monoisotopic (exact) mass is 272 g/mol. The van der Waals surface area contributed by atoms with E-state index in [0.29, 0.717) is 26.1 Å². The van der Waals surface area contributed by atoms with Gasteiger partial charge in [0, 0.05) is 25.5 Å². The number of nitrogens with zero attached hydrogens (tertiary/aromatic N) is 3. The topological polar surface area (TPSA) is 67.2 Å². The Balaban J connectivity index is 1.91. The van der Waals surface area contributed by atoms with Crippen LogP contribution in [0.4, 0.5) is 0 Å². The Morgan fingerprint density at radius 2 is 2.28 bits per heavy atom. The fraction of sp³-hybridized carbons (Fsp3) is 0.727. The second kappa shape index (κ2) is 5.81. The Morgan fingerprint density at radius 3 is 3.06 bits per heavy atom. The molecule has 18 heavy (non-hydrogen) atoms. The van der Waals surface area contributed by atoms with Crippen LogP contribution in [0.5, 0.6) is 0 Å². The third-order valence-electron chi connectivity index (χ3n) is 3.11. The number of hydrogen-bond donors (Lipinski definition) is 1. The molecule has 2 heterocycles. The maximum atomic E-state index is 12.1. The maximum Gasteiger partial charge on any atom is 0.214 e. The Bertz CT molecular complexity index is 483. The van der Waals surface area contributed by atoms with E-state index in [1.54, 1.807) is 10.5 Å². The molecule has 1 aromatic heterocycles. The van der Waals surface area contributed by atoms with Crippen molar-refractivity contribution in [2.24, 2.45) is 0 Å². The molecule has 2 rings (SSSR count). The van der Waals surface area contributed by atoms with Crippen molar-refractivity contribution in [1.29, 1.82) is 0 Å². The zero-order valence-corrected chi connectivity index (χ0v) is 11.5. The van der Waals surface area contributed by atoms with Gasteiger partial charge in [-0.15, -0.1) is 0 Å². The molecule has 1 aromatic rings. The highest BCUT2D eigenvalue weighted by Crippen LogP contribution is 2.14. The summed E-state index contributed by atoms with van der Waals surface area (Å²) in [6.07, 6.45) is 4.27. The predicted octanol–water partition coefficient (Wildman–Crippen LogP) is 0.0281. The standard InChI is InChI=1S/C11H20N4O2S/c1-2-12-4-3-9-18(16,17)15-8-7-14-6-5-13-11(14)10-15/h5-6,12H,2-4,7-10H2,1H3. The SMILES string of the molecule is CCNCCCS(=O)(=O)N1CCn2ccnc2C1. The minimum absolute atomic E-state index is 0.209. The van der Waals surface area contributed by atoms with Crippen LogP contribution < -0.4 is 5.32 Å². The summed E-state index contributed by atoms with van der Waals surface area (Å²) in [5.41, 5.74) is 0. The Kier molecular flexibility index (Phi) is 4.36. The first kappa shape index (κ1) is 13.5. The van der Waals surface area contributed by atoms with Crippen LogP contribution in [0.15, 0.2) is 12.4 Å². The van der Waals surface area contributed by atoms with E-state index in [0.717, 1.165) is 18.9 Å². The van der Waals surface area contributed by atoms with Gasteiger partial charge in [-0.05, 0) is 19.5 Å². The van der Waals surface area contributed by atoms with E-state index in [4.69, 9.17) is 0 Å². The lowest BCUT2D eigenvalue weighted by Crippen LogP contribution is -2.39. The van der Waals surface area contributed by atoms with Gasteiger partial charge in [0.05, 0.1) is 12.3 Å². The number of sulfonamides is 1. The highest BCUT2D eigenvalue weighted by atomic mass is 32.2. The lowest BCUT2D eigenvalue weighted by Gasteiger charge is -2.26. The van der Waals surface area contributed by atoms with Crippen LogP contribution in [-0.2, 0) is 23.1 Å². The molecule has 0 fully saturated rings. The fourth-order valence-corrected chi connectivity index (χ4v) is 3.51. The molecule has 1 aliphatic heterocycles. The zero-order chi connectivity index (χ0) is 13.0. The van der Waals surface area contributed by atoms with Crippen molar-refractivity contribution >= 4 is 10.0 Å². The Hall–Kier alpha value is -0.920.